The number of likely N-dealkylation sites (N-methyl/N-ethyl adjacent to an activating group) is 1. The van der Waals surface area contributed by atoms with Crippen molar-refractivity contribution in [3.05, 3.63) is 83.4 Å². The molecule has 3 aromatic carbocycles. The quantitative estimate of drug-likeness (QED) is 0.449. The molecule has 8 heteroatoms. The highest BCUT2D eigenvalue weighted by Crippen LogP contribution is 2.31. The summed E-state index contributed by atoms with van der Waals surface area (Å²) in [6, 6.07) is 20.0. The fraction of sp³-hybridized carbons (Fsp3) is 0.345. The maximum atomic E-state index is 12.6. The van der Waals surface area contributed by atoms with Crippen LogP contribution < -0.4 is 0 Å². The molecular weight excluding hydrogens is 470 g/mol. The van der Waals surface area contributed by atoms with Crippen molar-refractivity contribution in [2.75, 3.05) is 60.0 Å². The van der Waals surface area contributed by atoms with Crippen molar-refractivity contribution < 1.29 is 24.2 Å². The highest BCUT2D eigenvalue weighted by atomic mass is 16.5. The monoisotopic (exact) mass is 503 g/mol. The summed E-state index contributed by atoms with van der Waals surface area (Å²) in [5, 5.41) is 11.9. The summed E-state index contributed by atoms with van der Waals surface area (Å²) in [4.78, 5) is 42.6. The Labute approximate surface area is 217 Å². The fourth-order valence-electron chi connectivity index (χ4n) is 4.62. The molecule has 8 nitrogen and oxygen atoms in total. The number of carboxylic acids is 1. The van der Waals surface area contributed by atoms with E-state index in [2.05, 4.69) is 9.80 Å². The molecule has 194 valence electrons. The van der Waals surface area contributed by atoms with Gasteiger partial charge in [0, 0.05) is 46.8 Å². The largest absolute Gasteiger partial charge is 0.481 e. The molecule has 1 heterocycles. The number of amides is 1. The first-order valence-corrected chi connectivity index (χ1v) is 12.5. The van der Waals surface area contributed by atoms with Gasteiger partial charge < -0.3 is 14.7 Å². The molecule has 1 saturated heterocycles. The van der Waals surface area contributed by atoms with E-state index in [1.807, 2.05) is 42.5 Å². The normalized spacial score (nSPS) is 15.3. The van der Waals surface area contributed by atoms with Crippen LogP contribution in [-0.4, -0.2) is 97.6 Å². The smallest absolute Gasteiger partial charge is 0.338 e. The fourth-order valence-corrected chi connectivity index (χ4v) is 4.62. The maximum Gasteiger partial charge on any atom is 0.338 e. The number of hydrogen-bond donors (Lipinski definition) is 1. The number of carboxylic acid groups (broad SMARTS) is 1. The van der Waals surface area contributed by atoms with E-state index in [9.17, 15) is 19.5 Å². The number of rotatable bonds is 9. The van der Waals surface area contributed by atoms with E-state index < -0.39 is 17.9 Å². The Morgan fingerprint density at radius 2 is 1.54 bits per heavy atom. The molecule has 37 heavy (non-hydrogen) atoms. The molecule has 1 amide bonds. The molecule has 0 aliphatic carbocycles. The predicted octanol–water partition coefficient (Wildman–Crippen LogP) is 2.92. The lowest BCUT2D eigenvalue weighted by Crippen LogP contribution is -2.49. The average molecular weight is 504 g/mol. The molecule has 0 saturated carbocycles. The first-order valence-electron chi connectivity index (χ1n) is 12.5. The van der Waals surface area contributed by atoms with Crippen LogP contribution in [0.4, 0.5) is 0 Å². The van der Waals surface area contributed by atoms with Gasteiger partial charge in [0.05, 0.1) is 12.1 Å². The van der Waals surface area contributed by atoms with Crippen LogP contribution in [0.1, 0.15) is 27.4 Å². The lowest BCUT2D eigenvalue weighted by atomic mass is 9.87. The molecule has 0 spiro atoms. The van der Waals surface area contributed by atoms with Gasteiger partial charge in [-0.15, -0.1) is 0 Å². The molecular formula is C29H33N3O5. The summed E-state index contributed by atoms with van der Waals surface area (Å²) in [6.07, 6.45) is 0. The molecule has 0 aromatic heterocycles. The Morgan fingerprint density at radius 3 is 2.22 bits per heavy atom. The zero-order valence-corrected chi connectivity index (χ0v) is 21.3. The van der Waals surface area contributed by atoms with Crippen molar-refractivity contribution in [2.45, 2.75) is 5.92 Å². The van der Waals surface area contributed by atoms with Gasteiger partial charge in [-0.1, -0.05) is 54.6 Å². The van der Waals surface area contributed by atoms with Crippen molar-refractivity contribution in [3.63, 3.8) is 0 Å². The van der Waals surface area contributed by atoms with Crippen LogP contribution in [0.3, 0.4) is 0 Å². The van der Waals surface area contributed by atoms with E-state index in [-0.39, 0.29) is 12.5 Å². The Kier molecular flexibility index (Phi) is 8.53. The van der Waals surface area contributed by atoms with Crippen LogP contribution >= 0.6 is 0 Å². The summed E-state index contributed by atoms with van der Waals surface area (Å²) in [5.41, 5.74) is 1.70. The summed E-state index contributed by atoms with van der Waals surface area (Å²) < 4.78 is 5.47. The van der Waals surface area contributed by atoms with Crippen molar-refractivity contribution in [1.82, 2.24) is 14.7 Å². The first-order chi connectivity index (χ1) is 17.8. The number of ether oxygens (including phenoxy) is 1. The summed E-state index contributed by atoms with van der Waals surface area (Å²) >= 11 is 0. The predicted molar refractivity (Wildman–Crippen MR) is 142 cm³/mol. The molecule has 0 radical (unpaired) electrons. The SMILES string of the molecule is CN(C)C(=O)CN1CCN(CCOC(=O)c2ccc(C(C(=O)O)c3cccc4ccccc34)cc2)CC1. The van der Waals surface area contributed by atoms with E-state index in [0.717, 1.165) is 37.0 Å². The minimum Gasteiger partial charge on any atom is -0.481 e. The molecule has 1 N–H and O–H groups in total. The minimum atomic E-state index is -0.946. The molecule has 1 fully saturated rings. The van der Waals surface area contributed by atoms with Crippen LogP contribution in [-0.2, 0) is 14.3 Å². The van der Waals surface area contributed by atoms with Crippen LogP contribution in [0.15, 0.2) is 66.7 Å². The number of benzene rings is 3. The van der Waals surface area contributed by atoms with Gasteiger partial charge in [0.25, 0.3) is 0 Å². The average Bonchev–Trinajstić information content (AvgIpc) is 2.90. The third-order valence-corrected chi connectivity index (χ3v) is 6.82. The summed E-state index contributed by atoms with van der Waals surface area (Å²) in [5.74, 6) is -2.13. The highest BCUT2D eigenvalue weighted by Gasteiger charge is 2.24. The van der Waals surface area contributed by atoms with Gasteiger partial charge in [0.2, 0.25) is 5.91 Å². The van der Waals surface area contributed by atoms with Crippen LogP contribution in [0.2, 0.25) is 0 Å². The van der Waals surface area contributed by atoms with E-state index >= 15 is 0 Å². The van der Waals surface area contributed by atoms with Gasteiger partial charge in [-0.2, -0.15) is 0 Å². The number of esters is 1. The van der Waals surface area contributed by atoms with Gasteiger partial charge in [0.15, 0.2) is 0 Å². The van der Waals surface area contributed by atoms with E-state index in [4.69, 9.17) is 4.74 Å². The summed E-state index contributed by atoms with van der Waals surface area (Å²) in [7, 11) is 3.52. The molecule has 3 aromatic rings. The van der Waals surface area contributed by atoms with Crippen molar-refractivity contribution in [1.29, 1.82) is 0 Å². The number of carbonyl (C=O) groups excluding carboxylic acids is 2. The maximum absolute atomic E-state index is 12.6. The van der Waals surface area contributed by atoms with Crippen LogP contribution in [0, 0.1) is 0 Å². The Bertz CT molecular complexity index is 1240. The molecule has 1 atom stereocenters. The second-order valence-electron chi connectivity index (χ2n) is 9.50. The molecule has 4 rings (SSSR count). The van der Waals surface area contributed by atoms with Crippen molar-refractivity contribution >= 4 is 28.6 Å². The number of hydrogen-bond acceptors (Lipinski definition) is 6. The van der Waals surface area contributed by atoms with Gasteiger partial charge in [-0.25, -0.2) is 4.79 Å². The molecule has 1 aliphatic heterocycles. The molecule has 0 bridgehead atoms. The Hall–Kier alpha value is -3.75. The van der Waals surface area contributed by atoms with E-state index in [1.54, 1.807) is 43.3 Å². The topological polar surface area (TPSA) is 90.4 Å². The summed E-state index contributed by atoms with van der Waals surface area (Å²) in [6.45, 7) is 4.56. The standard InChI is InChI=1S/C29H33N3O5/c1-30(2)26(33)20-32-16-14-31(15-17-32)18-19-37-29(36)23-12-10-22(11-13-23)27(28(34)35)25-9-5-7-21-6-3-4-8-24(21)25/h3-13,27H,14-20H2,1-2H3,(H,34,35). The first kappa shape index (κ1) is 26.3. The van der Waals surface area contributed by atoms with Crippen molar-refractivity contribution in [2.24, 2.45) is 0 Å². The third-order valence-electron chi connectivity index (χ3n) is 6.82. The van der Waals surface area contributed by atoms with Crippen LogP contribution in [0.5, 0.6) is 0 Å². The van der Waals surface area contributed by atoms with Gasteiger partial charge >= 0.3 is 11.9 Å². The van der Waals surface area contributed by atoms with E-state index in [1.165, 1.54) is 0 Å². The zero-order valence-electron chi connectivity index (χ0n) is 21.3. The zero-order chi connectivity index (χ0) is 26.4. The highest BCUT2D eigenvalue weighted by molar-refractivity contribution is 5.93. The third kappa shape index (κ3) is 6.53. The number of aliphatic carboxylic acids is 1. The van der Waals surface area contributed by atoms with Gasteiger partial charge in [-0.05, 0) is 34.0 Å². The minimum absolute atomic E-state index is 0.0974. The van der Waals surface area contributed by atoms with E-state index in [0.29, 0.717) is 29.8 Å². The van der Waals surface area contributed by atoms with Crippen molar-refractivity contribution in [3.8, 4) is 0 Å². The second kappa shape index (κ2) is 12.0. The lowest BCUT2D eigenvalue weighted by molar-refractivity contribution is -0.137. The number of fused-ring (bicyclic) bond motifs is 1. The number of carbonyl (C=O) groups is 3. The number of piperazine rings is 1. The lowest BCUT2D eigenvalue weighted by Gasteiger charge is -2.34. The van der Waals surface area contributed by atoms with Crippen LogP contribution in [0.25, 0.3) is 10.8 Å². The Balaban J connectivity index is 1.32. The number of nitrogens with zero attached hydrogens (tertiary/aromatic N) is 3. The molecule has 1 unspecified atom stereocenters. The Morgan fingerprint density at radius 1 is 0.892 bits per heavy atom. The second-order valence-corrected chi connectivity index (χ2v) is 9.50. The van der Waals surface area contributed by atoms with Gasteiger partial charge in [-0.3, -0.25) is 19.4 Å². The molecule has 1 aliphatic rings. The van der Waals surface area contributed by atoms with Gasteiger partial charge in [0.1, 0.15) is 12.5 Å².